The van der Waals surface area contributed by atoms with Crippen molar-refractivity contribution in [1.82, 2.24) is 10.9 Å². The van der Waals surface area contributed by atoms with Crippen molar-refractivity contribution in [2.45, 2.75) is 19.6 Å². The zero-order valence-corrected chi connectivity index (χ0v) is 14.8. The van der Waals surface area contributed by atoms with Crippen LogP contribution in [0.5, 0.6) is 0 Å². The molecular weight excluding hydrogens is 349 g/mol. The highest BCUT2D eigenvalue weighted by atomic mass is 19.1. The highest BCUT2D eigenvalue weighted by molar-refractivity contribution is 5.83. The maximum Gasteiger partial charge on any atom is 0.252 e. The Labute approximate surface area is 156 Å². The van der Waals surface area contributed by atoms with Crippen molar-refractivity contribution < 1.29 is 13.9 Å². The molecule has 0 heterocycles. The molecule has 0 atom stereocenters. The lowest BCUT2D eigenvalue weighted by molar-refractivity contribution is -0.120. The van der Waals surface area contributed by atoms with Crippen LogP contribution in [0.4, 0.5) is 4.39 Å². The van der Waals surface area contributed by atoms with E-state index in [0.29, 0.717) is 12.2 Å². The van der Waals surface area contributed by atoms with Gasteiger partial charge in [-0.25, -0.2) is 9.38 Å². The first-order valence-electron chi connectivity index (χ1n) is 8.12. The molecule has 4 N–H and O–H groups in total. The number of nitrogens with two attached hydrogens (primary N) is 1. The number of hydrogen-bond acceptors (Lipinski definition) is 4. The molecule has 2 rings (SSSR count). The lowest BCUT2D eigenvalue weighted by Gasteiger charge is -2.10. The second-order valence-electron chi connectivity index (χ2n) is 5.61. The smallest absolute Gasteiger partial charge is 0.252 e. The fraction of sp³-hybridized carbons (Fsp3) is 0.211. The quantitative estimate of drug-likeness (QED) is 0.409. The molecule has 2 aromatic rings. The van der Waals surface area contributed by atoms with Crippen LogP contribution in [0.2, 0.25) is 0 Å². The highest BCUT2D eigenvalue weighted by Gasteiger charge is 2.09. The molecule has 1 amide bonds. The van der Waals surface area contributed by atoms with Gasteiger partial charge in [-0.3, -0.25) is 15.6 Å². The van der Waals surface area contributed by atoms with Gasteiger partial charge in [0, 0.05) is 12.7 Å². The summed E-state index contributed by atoms with van der Waals surface area (Å²) in [6.45, 7) is 0.433. The van der Waals surface area contributed by atoms with Crippen molar-refractivity contribution in [1.29, 1.82) is 5.26 Å². The van der Waals surface area contributed by atoms with Gasteiger partial charge < -0.3 is 10.5 Å². The molecule has 0 fully saturated rings. The molecule has 0 unspecified atom stereocenters. The highest BCUT2D eigenvalue weighted by Crippen LogP contribution is 2.26. The number of carbonyl (C=O) groups is 1. The van der Waals surface area contributed by atoms with E-state index in [4.69, 9.17) is 15.7 Å². The van der Waals surface area contributed by atoms with E-state index in [9.17, 15) is 9.18 Å². The van der Waals surface area contributed by atoms with Crippen LogP contribution in [0.1, 0.15) is 17.5 Å². The van der Waals surface area contributed by atoms with Gasteiger partial charge in [0.25, 0.3) is 5.91 Å². The molecule has 27 heavy (non-hydrogen) atoms. The Bertz CT molecular complexity index is 877. The van der Waals surface area contributed by atoms with Crippen molar-refractivity contribution in [3.63, 3.8) is 0 Å². The minimum Gasteiger partial charge on any atom is -0.380 e. The van der Waals surface area contributed by atoms with Gasteiger partial charge in [0.2, 0.25) is 5.96 Å². The number of ether oxygens (including phenoxy) is 1. The van der Waals surface area contributed by atoms with Crippen LogP contribution in [0.3, 0.4) is 0 Å². The van der Waals surface area contributed by atoms with Gasteiger partial charge in [0.15, 0.2) is 0 Å². The molecule has 2 aromatic carbocycles. The van der Waals surface area contributed by atoms with Gasteiger partial charge >= 0.3 is 0 Å². The number of aliphatic imine (C=N–C) groups is 1. The topological polar surface area (TPSA) is 113 Å². The molecule has 0 radical (unpaired) electrons. The summed E-state index contributed by atoms with van der Waals surface area (Å²) >= 11 is 0. The summed E-state index contributed by atoms with van der Waals surface area (Å²) in [6.07, 6.45) is -0.305. The van der Waals surface area contributed by atoms with E-state index in [2.05, 4.69) is 15.8 Å². The number of amides is 1. The Hall–Kier alpha value is -3.44. The third-order valence-corrected chi connectivity index (χ3v) is 3.67. The Morgan fingerprint density at radius 2 is 2.04 bits per heavy atom. The minimum atomic E-state index is -0.541. The van der Waals surface area contributed by atoms with Crippen molar-refractivity contribution in [3.8, 4) is 17.2 Å². The van der Waals surface area contributed by atoms with Crippen LogP contribution in [-0.2, 0) is 22.7 Å². The van der Waals surface area contributed by atoms with Gasteiger partial charge in [-0.15, -0.1) is 0 Å². The predicted molar refractivity (Wildman–Crippen MR) is 99.4 cm³/mol. The van der Waals surface area contributed by atoms with Gasteiger partial charge in [0.1, 0.15) is 12.2 Å². The fourth-order valence-electron chi connectivity index (χ4n) is 2.39. The minimum absolute atomic E-state index is 0.00121. The van der Waals surface area contributed by atoms with Crippen LogP contribution in [-0.4, -0.2) is 19.0 Å². The van der Waals surface area contributed by atoms with Crippen molar-refractivity contribution in [3.05, 3.63) is 59.4 Å². The maximum atomic E-state index is 14.5. The average molecular weight is 369 g/mol. The molecule has 0 bridgehead atoms. The number of nitriles is 1. The second kappa shape index (κ2) is 9.89. The Morgan fingerprint density at radius 1 is 1.26 bits per heavy atom. The van der Waals surface area contributed by atoms with Crippen LogP contribution < -0.4 is 16.6 Å². The van der Waals surface area contributed by atoms with Crippen LogP contribution in [0.15, 0.2) is 47.5 Å². The number of hydrogen-bond donors (Lipinski definition) is 3. The van der Waals surface area contributed by atoms with Gasteiger partial charge in [-0.05, 0) is 22.8 Å². The molecule has 0 saturated heterocycles. The number of nitrogens with one attached hydrogen (secondary N) is 2. The molecule has 7 nitrogen and oxygen atoms in total. The number of methoxy groups -OCH3 is 1. The summed E-state index contributed by atoms with van der Waals surface area (Å²) in [4.78, 5) is 15.1. The molecular formula is C19H20FN5O2. The third-order valence-electron chi connectivity index (χ3n) is 3.67. The van der Waals surface area contributed by atoms with E-state index in [-0.39, 0.29) is 18.9 Å². The lowest BCUT2D eigenvalue weighted by Crippen LogP contribution is -2.45. The van der Waals surface area contributed by atoms with Crippen molar-refractivity contribution in [2.75, 3.05) is 7.11 Å². The number of benzene rings is 2. The van der Waals surface area contributed by atoms with Gasteiger partial charge in [0.05, 0.1) is 19.2 Å². The van der Waals surface area contributed by atoms with Gasteiger partial charge in [-0.2, -0.15) is 5.26 Å². The van der Waals surface area contributed by atoms with E-state index in [1.807, 2.05) is 24.3 Å². The summed E-state index contributed by atoms with van der Waals surface area (Å²) in [5, 5.41) is 8.39. The Kier molecular flexibility index (Phi) is 7.28. The van der Waals surface area contributed by atoms with Gasteiger partial charge in [-0.1, -0.05) is 36.4 Å². The maximum absolute atomic E-state index is 14.5. The van der Waals surface area contributed by atoms with E-state index in [1.165, 1.54) is 6.07 Å². The van der Waals surface area contributed by atoms with E-state index < -0.39 is 11.7 Å². The predicted octanol–water partition coefficient (Wildman–Crippen LogP) is 1.99. The van der Waals surface area contributed by atoms with Crippen LogP contribution in [0, 0.1) is 17.1 Å². The number of nitrogens with zero attached hydrogens (tertiary/aromatic N) is 2. The monoisotopic (exact) mass is 369 g/mol. The molecule has 0 aliphatic carbocycles. The number of guanidine groups is 1. The third kappa shape index (κ3) is 5.80. The fourth-order valence-corrected chi connectivity index (χ4v) is 2.39. The lowest BCUT2D eigenvalue weighted by atomic mass is 9.99. The molecule has 140 valence electrons. The number of halogens is 1. The van der Waals surface area contributed by atoms with E-state index >= 15 is 0 Å². The SMILES string of the molecule is COCc1ccccc1-c1ccc(CN=C(N)NNC(=O)CC#N)c(F)c1. The van der Waals surface area contributed by atoms with E-state index in [1.54, 1.807) is 25.3 Å². The molecule has 0 aliphatic rings. The second-order valence-corrected chi connectivity index (χ2v) is 5.61. The molecule has 0 saturated carbocycles. The first-order chi connectivity index (χ1) is 13.0. The number of hydrazine groups is 1. The van der Waals surface area contributed by atoms with E-state index in [0.717, 1.165) is 16.7 Å². The van der Waals surface area contributed by atoms with Crippen LogP contribution >= 0.6 is 0 Å². The van der Waals surface area contributed by atoms with Crippen molar-refractivity contribution in [2.24, 2.45) is 10.7 Å². The summed E-state index contributed by atoms with van der Waals surface area (Å²) < 4.78 is 19.6. The normalized spacial score (nSPS) is 10.9. The molecule has 0 aromatic heterocycles. The molecule has 0 spiro atoms. The standard InChI is InChI=1S/C19H20FN5O2/c1-27-12-15-4-2-3-5-16(15)13-6-7-14(17(20)10-13)11-23-19(22)25-24-18(26)8-9-21/h2-7,10H,8,11-12H2,1H3,(H,24,26)(H3,22,23,25). The number of carbonyl (C=O) groups excluding carboxylic acids is 1. The van der Waals surface area contributed by atoms with Crippen LogP contribution in [0.25, 0.3) is 11.1 Å². The summed E-state index contributed by atoms with van der Waals surface area (Å²) in [7, 11) is 1.61. The zero-order chi connectivity index (χ0) is 19.6. The summed E-state index contributed by atoms with van der Waals surface area (Å²) in [6, 6.07) is 14.2. The largest absolute Gasteiger partial charge is 0.380 e. The Balaban J connectivity index is 2.08. The molecule has 8 heteroatoms. The summed E-state index contributed by atoms with van der Waals surface area (Å²) in [5.41, 5.74) is 13.1. The Morgan fingerprint density at radius 3 is 2.74 bits per heavy atom. The first-order valence-corrected chi connectivity index (χ1v) is 8.12. The summed E-state index contributed by atoms with van der Waals surface area (Å²) in [5.74, 6) is -1.04. The van der Waals surface area contributed by atoms with Crippen molar-refractivity contribution >= 4 is 11.9 Å². The zero-order valence-electron chi connectivity index (χ0n) is 14.8. The molecule has 0 aliphatic heterocycles. The average Bonchev–Trinajstić information content (AvgIpc) is 2.66. The number of rotatable bonds is 6. The first kappa shape index (κ1) is 19.9.